The number of nitrogens with zero attached hydrogens (tertiary/aromatic N) is 1. The lowest BCUT2D eigenvalue weighted by Gasteiger charge is -2.19. The van der Waals surface area contributed by atoms with Crippen molar-refractivity contribution < 1.29 is 9.47 Å². The van der Waals surface area contributed by atoms with E-state index in [0.717, 1.165) is 39.6 Å². The van der Waals surface area contributed by atoms with Gasteiger partial charge < -0.3 is 9.47 Å². The first-order valence-electron chi connectivity index (χ1n) is 8.70. The molecule has 132 valence electrons. The molecule has 0 aliphatic carbocycles. The summed E-state index contributed by atoms with van der Waals surface area (Å²) in [7, 11) is 0. The Morgan fingerprint density at radius 2 is 1.69 bits per heavy atom. The molecule has 0 fully saturated rings. The first kappa shape index (κ1) is 16.9. The first-order chi connectivity index (χ1) is 12.7. The van der Waals surface area contributed by atoms with E-state index in [1.165, 1.54) is 11.1 Å². The molecule has 0 amide bonds. The standard InChI is InChI=1S/C22H20ClNO2/c1-14-18(16-7-9-21-22(12-16)26-11-10-25-21)4-3-5-19(14)20-8-6-17(13-23)15(2)24-20/h3-9,12H,10-11,13H2,1-2H3. The molecular weight excluding hydrogens is 346 g/mol. The molecule has 1 aliphatic rings. The highest BCUT2D eigenvalue weighted by atomic mass is 35.5. The number of hydrogen-bond acceptors (Lipinski definition) is 3. The van der Waals surface area contributed by atoms with Crippen LogP contribution in [0.4, 0.5) is 0 Å². The second-order valence-electron chi connectivity index (χ2n) is 6.41. The molecule has 0 saturated heterocycles. The van der Waals surface area contributed by atoms with Crippen LogP contribution in [0.1, 0.15) is 16.8 Å². The second kappa shape index (κ2) is 7.00. The summed E-state index contributed by atoms with van der Waals surface area (Å²) in [5.41, 5.74) is 7.60. The van der Waals surface area contributed by atoms with Gasteiger partial charge >= 0.3 is 0 Å². The molecule has 2 aromatic carbocycles. The molecule has 2 heterocycles. The number of pyridine rings is 1. The molecular formula is C22H20ClNO2. The van der Waals surface area contributed by atoms with E-state index in [4.69, 9.17) is 26.1 Å². The number of hydrogen-bond donors (Lipinski definition) is 0. The van der Waals surface area contributed by atoms with Gasteiger partial charge in [0.1, 0.15) is 13.2 Å². The van der Waals surface area contributed by atoms with E-state index in [2.05, 4.69) is 43.3 Å². The monoisotopic (exact) mass is 365 g/mol. The Kier molecular flexibility index (Phi) is 4.56. The van der Waals surface area contributed by atoms with E-state index in [0.29, 0.717) is 19.1 Å². The van der Waals surface area contributed by atoms with Gasteiger partial charge in [-0.1, -0.05) is 30.3 Å². The number of alkyl halides is 1. The van der Waals surface area contributed by atoms with Gasteiger partial charge in [0.25, 0.3) is 0 Å². The molecule has 1 aromatic heterocycles. The van der Waals surface area contributed by atoms with Crippen LogP contribution in [-0.2, 0) is 5.88 Å². The van der Waals surface area contributed by atoms with Gasteiger partial charge in [-0.15, -0.1) is 11.6 Å². The number of ether oxygens (including phenoxy) is 2. The summed E-state index contributed by atoms with van der Waals surface area (Å²) in [6.45, 7) is 5.32. The Bertz CT molecular complexity index is 968. The van der Waals surface area contributed by atoms with Crippen LogP contribution < -0.4 is 9.47 Å². The Morgan fingerprint density at radius 3 is 2.46 bits per heavy atom. The molecule has 0 atom stereocenters. The molecule has 1 aliphatic heterocycles. The number of halogens is 1. The Labute approximate surface area is 158 Å². The third kappa shape index (κ3) is 3.04. The van der Waals surface area contributed by atoms with Crippen molar-refractivity contribution in [3.63, 3.8) is 0 Å². The van der Waals surface area contributed by atoms with Crippen LogP contribution >= 0.6 is 11.6 Å². The lowest BCUT2D eigenvalue weighted by atomic mass is 9.94. The van der Waals surface area contributed by atoms with Crippen LogP contribution in [-0.4, -0.2) is 18.2 Å². The van der Waals surface area contributed by atoms with Crippen LogP contribution in [0.15, 0.2) is 48.5 Å². The van der Waals surface area contributed by atoms with Crippen LogP contribution in [0.25, 0.3) is 22.4 Å². The molecule has 0 N–H and O–H groups in total. The molecule has 0 unspecified atom stereocenters. The summed E-state index contributed by atoms with van der Waals surface area (Å²) in [6.07, 6.45) is 0. The summed E-state index contributed by atoms with van der Waals surface area (Å²) in [6, 6.07) is 16.5. The van der Waals surface area contributed by atoms with Crippen molar-refractivity contribution in [1.82, 2.24) is 4.98 Å². The SMILES string of the molecule is Cc1nc(-c2cccc(-c3ccc4c(c3)OCCO4)c2C)ccc1CCl. The summed E-state index contributed by atoms with van der Waals surface area (Å²) in [5.74, 6) is 2.09. The smallest absolute Gasteiger partial charge is 0.161 e. The number of aromatic nitrogens is 1. The summed E-state index contributed by atoms with van der Waals surface area (Å²) >= 11 is 5.96. The molecule has 26 heavy (non-hydrogen) atoms. The number of rotatable bonds is 3. The summed E-state index contributed by atoms with van der Waals surface area (Å²) < 4.78 is 11.4. The lowest BCUT2D eigenvalue weighted by Crippen LogP contribution is -2.15. The van der Waals surface area contributed by atoms with E-state index >= 15 is 0 Å². The molecule has 0 radical (unpaired) electrons. The summed E-state index contributed by atoms with van der Waals surface area (Å²) in [4.78, 5) is 4.75. The summed E-state index contributed by atoms with van der Waals surface area (Å²) in [5, 5.41) is 0. The van der Waals surface area contributed by atoms with Crippen molar-refractivity contribution >= 4 is 11.6 Å². The van der Waals surface area contributed by atoms with Gasteiger partial charge in [-0.3, -0.25) is 4.98 Å². The fraction of sp³-hybridized carbons (Fsp3) is 0.227. The molecule has 0 saturated carbocycles. The molecule has 0 bridgehead atoms. The lowest BCUT2D eigenvalue weighted by molar-refractivity contribution is 0.171. The normalized spacial score (nSPS) is 12.9. The Hall–Kier alpha value is -2.52. The van der Waals surface area contributed by atoms with Gasteiger partial charge in [0.15, 0.2) is 11.5 Å². The van der Waals surface area contributed by atoms with Crippen molar-refractivity contribution in [2.45, 2.75) is 19.7 Å². The van der Waals surface area contributed by atoms with Crippen molar-refractivity contribution in [1.29, 1.82) is 0 Å². The van der Waals surface area contributed by atoms with Crippen LogP contribution in [0.5, 0.6) is 11.5 Å². The molecule has 3 aromatic rings. The van der Waals surface area contributed by atoms with E-state index in [9.17, 15) is 0 Å². The Balaban J connectivity index is 1.78. The second-order valence-corrected chi connectivity index (χ2v) is 6.68. The average Bonchev–Trinajstić information content (AvgIpc) is 2.68. The zero-order valence-electron chi connectivity index (χ0n) is 14.9. The van der Waals surface area contributed by atoms with Gasteiger partial charge in [-0.25, -0.2) is 0 Å². The van der Waals surface area contributed by atoms with Gasteiger partial charge in [0.2, 0.25) is 0 Å². The van der Waals surface area contributed by atoms with E-state index in [1.54, 1.807) is 0 Å². The third-order valence-corrected chi connectivity index (χ3v) is 5.09. The fourth-order valence-electron chi connectivity index (χ4n) is 3.32. The minimum absolute atomic E-state index is 0.481. The van der Waals surface area contributed by atoms with Crippen molar-refractivity contribution in [2.75, 3.05) is 13.2 Å². The topological polar surface area (TPSA) is 31.4 Å². The minimum atomic E-state index is 0.481. The van der Waals surface area contributed by atoms with Gasteiger partial charge in [0, 0.05) is 17.1 Å². The van der Waals surface area contributed by atoms with E-state index in [1.807, 2.05) is 19.1 Å². The molecule has 4 rings (SSSR count). The highest BCUT2D eigenvalue weighted by Crippen LogP contribution is 2.37. The van der Waals surface area contributed by atoms with Gasteiger partial charge in [0.05, 0.1) is 5.69 Å². The van der Waals surface area contributed by atoms with Crippen LogP contribution in [0.2, 0.25) is 0 Å². The van der Waals surface area contributed by atoms with Crippen LogP contribution in [0, 0.1) is 13.8 Å². The quantitative estimate of drug-likeness (QED) is 0.571. The maximum absolute atomic E-state index is 5.96. The molecule has 3 nitrogen and oxygen atoms in total. The highest BCUT2D eigenvalue weighted by molar-refractivity contribution is 6.17. The average molecular weight is 366 g/mol. The van der Waals surface area contributed by atoms with Gasteiger partial charge in [-0.05, 0) is 54.3 Å². The number of fused-ring (bicyclic) bond motifs is 1. The highest BCUT2D eigenvalue weighted by Gasteiger charge is 2.15. The maximum Gasteiger partial charge on any atom is 0.161 e. The predicted octanol–water partition coefficient (Wildman–Crippen LogP) is 5.54. The fourth-order valence-corrected chi connectivity index (χ4v) is 3.60. The third-order valence-electron chi connectivity index (χ3n) is 4.80. The zero-order valence-corrected chi connectivity index (χ0v) is 15.6. The first-order valence-corrected chi connectivity index (χ1v) is 9.23. The van der Waals surface area contributed by atoms with E-state index in [-0.39, 0.29) is 0 Å². The Morgan fingerprint density at radius 1 is 0.923 bits per heavy atom. The van der Waals surface area contributed by atoms with Crippen LogP contribution in [0.3, 0.4) is 0 Å². The van der Waals surface area contributed by atoms with Crippen molar-refractivity contribution in [2.24, 2.45) is 0 Å². The number of aryl methyl sites for hydroxylation is 1. The zero-order chi connectivity index (χ0) is 18.1. The molecule has 0 spiro atoms. The minimum Gasteiger partial charge on any atom is -0.486 e. The van der Waals surface area contributed by atoms with Crippen molar-refractivity contribution in [3.8, 4) is 33.9 Å². The maximum atomic E-state index is 5.96. The predicted molar refractivity (Wildman–Crippen MR) is 105 cm³/mol. The largest absolute Gasteiger partial charge is 0.486 e. The molecule has 4 heteroatoms. The van der Waals surface area contributed by atoms with E-state index < -0.39 is 0 Å². The van der Waals surface area contributed by atoms with Gasteiger partial charge in [-0.2, -0.15) is 0 Å². The number of benzene rings is 2. The van der Waals surface area contributed by atoms with Crippen molar-refractivity contribution in [3.05, 3.63) is 65.4 Å².